The monoisotopic (exact) mass is 237 g/mol. The molecule has 1 heterocycles. The number of fused-ring (bicyclic) bond motifs is 1. The lowest BCUT2D eigenvalue weighted by Crippen LogP contribution is -2.13. The van der Waals surface area contributed by atoms with E-state index in [1.807, 2.05) is 18.2 Å². The number of amidine groups is 1. The maximum Gasteiger partial charge on any atom is 0.231 e. The Morgan fingerprint density at radius 2 is 2.24 bits per heavy atom. The van der Waals surface area contributed by atoms with Crippen LogP contribution < -0.4 is 20.5 Å². The van der Waals surface area contributed by atoms with Crippen LogP contribution in [0.4, 0.5) is 5.69 Å². The molecule has 0 bridgehead atoms. The van der Waals surface area contributed by atoms with Gasteiger partial charge < -0.3 is 25.7 Å². The standard InChI is InChI=1S/C11H15N3O3/c12-11(14-15)2-1-5-13-8-3-4-9-10(6-8)17-7-16-9/h3-4,6,13,15H,1-2,5,7H2,(H2,12,14). The Morgan fingerprint density at radius 3 is 3.06 bits per heavy atom. The second-order valence-corrected chi connectivity index (χ2v) is 3.69. The normalized spacial score (nSPS) is 13.8. The van der Waals surface area contributed by atoms with E-state index in [-0.39, 0.29) is 12.6 Å². The lowest BCUT2D eigenvalue weighted by molar-refractivity contribution is 0.174. The predicted molar refractivity (Wildman–Crippen MR) is 63.7 cm³/mol. The number of nitrogens with one attached hydrogen (secondary N) is 1. The van der Waals surface area contributed by atoms with Gasteiger partial charge in [-0.25, -0.2) is 0 Å². The number of ether oxygens (including phenoxy) is 2. The fourth-order valence-electron chi connectivity index (χ4n) is 1.56. The molecule has 0 radical (unpaired) electrons. The molecule has 0 unspecified atom stereocenters. The zero-order valence-electron chi connectivity index (χ0n) is 9.35. The van der Waals surface area contributed by atoms with E-state index in [0.717, 1.165) is 30.2 Å². The van der Waals surface area contributed by atoms with Crippen LogP contribution in [-0.4, -0.2) is 24.4 Å². The van der Waals surface area contributed by atoms with E-state index in [0.29, 0.717) is 6.42 Å². The van der Waals surface area contributed by atoms with Crippen molar-refractivity contribution in [2.75, 3.05) is 18.7 Å². The fourth-order valence-corrected chi connectivity index (χ4v) is 1.56. The third-order valence-corrected chi connectivity index (χ3v) is 2.44. The van der Waals surface area contributed by atoms with E-state index in [4.69, 9.17) is 20.4 Å². The molecule has 0 atom stereocenters. The average Bonchev–Trinajstić information content (AvgIpc) is 2.81. The van der Waals surface area contributed by atoms with Gasteiger partial charge in [-0.05, 0) is 18.6 Å². The van der Waals surface area contributed by atoms with E-state index in [1.165, 1.54) is 0 Å². The average molecular weight is 237 g/mol. The van der Waals surface area contributed by atoms with Gasteiger partial charge in [0.25, 0.3) is 0 Å². The first-order valence-electron chi connectivity index (χ1n) is 5.39. The number of benzene rings is 1. The summed E-state index contributed by atoms with van der Waals surface area (Å²) in [5, 5.41) is 14.5. The molecule has 0 saturated carbocycles. The van der Waals surface area contributed by atoms with Gasteiger partial charge in [-0.1, -0.05) is 5.16 Å². The van der Waals surface area contributed by atoms with Gasteiger partial charge >= 0.3 is 0 Å². The third kappa shape index (κ3) is 2.93. The largest absolute Gasteiger partial charge is 0.454 e. The van der Waals surface area contributed by atoms with Gasteiger partial charge in [-0.15, -0.1) is 0 Å². The second-order valence-electron chi connectivity index (χ2n) is 3.69. The summed E-state index contributed by atoms with van der Waals surface area (Å²) in [6.07, 6.45) is 1.36. The zero-order chi connectivity index (χ0) is 12.1. The van der Waals surface area contributed by atoms with E-state index >= 15 is 0 Å². The number of hydrogen-bond acceptors (Lipinski definition) is 5. The summed E-state index contributed by atoms with van der Waals surface area (Å²) in [5.41, 5.74) is 6.33. The van der Waals surface area contributed by atoms with Crippen LogP contribution >= 0.6 is 0 Å². The number of rotatable bonds is 5. The van der Waals surface area contributed by atoms with Crippen LogP contribution in [0, 0.1) is 0 Å². The molecule has 4 N–H and O–H groups in total. The minimum absolute atomic E-state index is 0.248. The van der Waals surface area contributed by atoms with Crippen LogP contribution in [0.5, 0.6) is 11.5 Å². The molecule has 6 heteroatoms. The van der Waals surface area contributed by atoms with Crippen LogP contribution in [0.1, 0.15) is 12.8 Å². The Hall–Kier alpha value is -2.11. The third-order valence-electron chi connectivity index (χ3n) is 2.44. The first-order chi connectivity index (χ1) is 8.29. The van der Waals surface area contributed by atoms with Crippen LogP contribution in [0.3, 0.4) is 0 Å². The summed E-state index contributed by atoms with van der Waals surface area (Å²) in [7, 11) is 0. The Morgan fingerprint density at radius 1 is 1.41 bits per heavy atom. The quantitative estimate of drug-likeness (QED) is 0.236. The molecule has 0 fully saturated rings. The molecule has 0 spiro atoms. The molecule has 0 aliphatic carbocycles. The number of anilines is 1. The highest BCUT2D eigenvalue weighted by molar-refractivity contribution is 5.79. The van der Waals surface area contributed by atoms with Crippen molar-refractivity contribution in [3.63, 3.8) is 0 Å². The molecule has 1 aromatic carbocycles. The molecule has 0 amide bonds. The van der Waals surface area contributed by atoms with Gasteiger partial charge in [0.2, 0.25) is 6.79 Å². The number of hydrogen-bond donors (Lipinski definition) is 3. The molecule has 1 aliphatic heterocycles. The molecular formula is C11H15N3O3. The number of oxime groups is 1. The van der Waals surface area contributed by atoms with Crippen molar-refractivity contribution in [2.45, 2.75) is 12.8 Å². The summed E-state index contributed by atoms with van der Waals surface area (Å²) in [6, 6.07) is 5.69. The second kappa shape index (κ2) is 5.29. The Labute approximate surface area is 99.0 Å². The van der Waals surface area contributed by atoms with Gasteiger partial charge in [0, 0.05) is 24.7 Å². The van der Waals surface area contributed by atoms with Crippen molar-refractivity contribution in [3.8, 4) is 11.5 Å². The van der Waals surface area contributed by atoms with Crippen molar-refractivity contribution in [2.24, 2.45) is 10.9 Å². The maximum absolute atomic E-state index is 8.37. The summed E-state index contributed by atoms with van der Waals surface area (Å²) in [6.45, 7) is 1.03. The maximum atomic E-state index is 8.37. The summed E-state index contributed by atoms with van der Waals surface area (Å²) < 4.78 is 10.5. The molecule has 1 aromatic rings. The topological polar surface area (TPSA) is 89.1 Å². The summed E-state index contributed by atoms with van der Waals surface area (Å²) in [4.78, 5) is 0. The van der Waals surface area contributed by atoms with Gasteiger partial charge in [0.05, 0.1) is 0 Å². The first-order valence-corrected chi connectivity index (χ1v) is 5.39. The van der Waals surface area contributed by atoms with E-state index in [1.54, 1.807) is 0 Å². The first kappa shape index (κ1) is 11.4. The molecule has 6 nitrogen and oxygen atoms in total. The van der Waals surface area contributed by atoms with Crippen LogP contribution in [0.25, 0.3) is 0 Å². The predicted octanol–water partition coefficient (Wildman–Crippen LogP) is 1.35. The molecule has 0 saturated heterocycles. The fraction of sp³-hybridized carbons (Fsp3) is 0.364. The molecule has 17 heavy (non-hydrogen) atoms. The van der Waals surface area contributed by atoms with Gasteiger partial charge in [-0.2, -0.15) is 0 Å². The minimum Gasteiger partial charge on any atom is -0.454 e. The highest BCUT2D eigenvalue weighted by atomic mass is 16.7. The van der Waals surface area contributed by atoms with E-state index < -0.39 is 0 Å². The minimum atomic E-state index is 0.248. The Bertz CT molecular complexity index is 420. The van der Waals surface area contributed by atoms with E-state index in [9.17, 15) is 0 Å². The summed E-state index contributed by atoms with van der Waals surface area (Å²) >= 11 is 0. The Balaban J connectivity index is 1.80. The van der Waals surface area contributed by atoms with Crippen molar-refractivity contribution >= 4 is 11.5 Å². The van der Waals surface area contributed by atoms with Crippen LogP contribution in [0.2, 0.25) is 0 Å². The highest BCUT2D eigenvalue weighted by Gasteiger charge is 2.12. The molecular weight excluding hydrogens is 222 g/mol. The smallest absolute Gasteiger partial charge is 0.231 e. The Kier molecular flexibility index (Phi) is 3.54. The van der Waals surface area contributed by atoms with Crippen LogP contribution in [-0.2, 0) is 0 Å². The number of nitrogens with two attached hydrogens (primary N) is 1. The van der Waals surface area contributed by atoms with Crippen molar-refractivity contribution in [1.82, 2.24) is 0 Å². The SMILES string of the molecule is NC(CCCNc1ccc2c(c1)OCO2)=NO. The molecule has 0 aromatic heterocycles. The molecule has 2 rings (SSSR count). The van der Waals surface area contributed by atoms with Crippen LogP contribution in [0.15, 0.2) is 23.4 Å². The highest BCUT2D eigenvalue weighted by Crippen LogP contribution is 2.34. The van der Waals surface area contributed by atoms with E-state index in [2.05, 4.69) is 10.5 Å². The molecule has 1 aliphatic rings. The van der Waals surface area contributed by atoms with Crippen molar-refractivity contribution < 1.29 is 14.7 Å². The van der Waals surface area contributed by atoms with Crippen molar-refractivity contribution in [1.29, 1.82) is 0 Å². The lowest BCUT2D eigenvalue weighted by atomic mass is 10.2. The molecule has 92 valence electrons. The van der Waals surface area contributed by atoms with Gasteiger partial charge in [-0.3, -0.25) is 0 Å². The van der Waals surface area contributed by atoms with Gasteiger partial charge in [0.1, 0.15) is 5.84 Å². The number of nitrogens with zero attached hydrogens (tertiary/aromatic N) is 1. The van der Waals surface area contributed by atoms with Gasteiger partial charge in [0.15, 0.2) is 11.5 Å². The lowest BCUT2D eigenvalue weighted by Gasteiger charge is -2.06. The zero-order valence-corrected chi connectivity index (χ0v) is 9.35. The van der Waals surface area contributed by atoms with Crippen molar-refractivity contribution in [3.05, 3.63) is 18.2 Å². The summed E-state index contributed by atoms with van der Waals surface area (Å²) in [5.74, 6) is 1.77.